The SMILES string of the molecule is O=C(Nn1cnnc1)c1ccc(Br)cc1. The third-order valence-corrected chi connectivity index (χ3v) is 2.28. The Morgan fingerprint density at radius 3 is 2.40 bits per heavy atom. The molecule has 1 aromatic heterocycles. The third kappa shape index (κ3) is 2.41. The van der Waals surface area contributed by atoms with E-state index in [4.69, 9.17) is 0 Å². The van der Waals surface area contributed by atoms with E-state index >= 15 is 0 Å². The van der Waals surface area contributed by atoms with E-state index in [0.29, 0.717) is 5.56 Å². The van der Waals surface area contributed by atoms with Gasteiger partial charge in [-0.15, -0.1) is 10.2 Å². The van der Waals surface area contributed by atoms with Crippen molar-refractivity contribution in [1.82, 2.24) is 14.9 Å². The van der Waals surface area contributed by atoms with Gasteiger partial charge in [-0.25, -0.2) is 4.68 Å². The van der Waals surface area contributed by atoms with E-state index in [2.05, 4.69) is 31.6 Å². The van der Waals surface area contributed by atoms with Gasteiger partial charge in [0.15, 0.2) is 0 Å². The van der Waals surface area contributed by atoms with Crippen LogP contribution in [-0.4, -0.2) is 20.8 Å². The molecule has 0 aliphatic carbocycles. The lowest BCUT2D eigenvalue weighted by molar-refractivity contribution is 0.101. The highest BCUT2D eigenvalue weighted by Gasteiger charge is 2.04. The molecule has 0 saturated carbocycles. The maximum absolute atomic E-state index is 11.6. The second-order valence-electron chi connectivity index (χ2n) is 2.82. The molecule has 6 heteroatoms. The molecule has 0 spiro atoms. The summed E-state index contributed by atoms with van der Waals surface area (Å²) in [5, 5.41) is 7.15. The minimum Gasteiger partial charge on any atom is -0.267 e. The fourth-order valence-electron chi connectivity index (χ4n) is 1.04. The molecule has 2 aromatic rings. The summed E-state index contributed by atoms with van der Waals surface area (Å²) in [7, 11) is 0. The lowest BCUT2D eigenvalue weighted by Gasteiger charge is -2.03. The molecule has 0 aliphatic heterocycles. The number of carbonyl (C=O) groups excluding carboxylic acids is 1. The zero-order valence-electron chi connectivity index (χ0n) is 7.59. The first-order valence-electron chi connectivity index (χ1n) is 4.17. The molecule has 1 heterocycles. The largest absolute Gasteiger partial charge is 0.270 e. The Balaban J connectivity index is 2.11. The summed E-state index contributed by atoms with van der Waals surface area (Å²) in [6.45, 7) is 0. The number of carbonyl (C=O) groups is 1. The van der Waals surface area contributed by atoms with Gasteiger partial charge in [0.2, 0.25) is 0 Å². The van der Waals surface area contributed by atoms with Crippen molar-refractivity contribution < 1.29 is 4.79 Å². The van der Waals surface area contributed by atoms with Crippen LogP contribution < -0.4 is 5.43 Å². The standard InChI is InChI=1S/C9H7BrN4O/c10-8-3-1-7(2-4-8)9(15)13-14-5-11-12-6-14/h1-6H,(H,13,15). The molecule has 1 amide bonds. The molecule has 0 atom stereocenters. The average Bonchev–Trinajstić information content (AvgIpc) is 2.71. The highest BCUT2D eigenvalue weighted by Crippen LogP contribution is 2.10. The van der Waals surface area contributed by atoms with Crippen molar-refractivity contribution >= 4 is 21.8 Å². The van der Waals surface area contributed by atoms with E-state index in [0.717, 1.165) is 4.47 Å². The molecule has 0 unspecified atom stereocenters. The van der Waals surface area contributed by atoms with Gasteiger partial charge in [0.25, 0.3) is 5.91 Å². The Bertz CT molecular complexity index is 451. The zero-order valence-corrected chi connectivity index (χ0v) is 9.18. The molecule has 0 bridgehead atoms. The van der Waals surface area contributed by atoms with Crippen LogP contribution in [0.5, 0.6) is 0 Å². The van der Waals surface area contributed by atoms with Gasteiger partial charge in [-0.05, 0) is 24.3 Å². The summed E-state index contributed by atoms with van der Waals surface area (Å²) in [4.78, 5) is 11.6. The van der Waals surface area contributed by atoms with Gasteiger partial charge in [-0.2, -0.15) is 0 Å². The highest BCUT2D eigenvalue weighted by molar-refractivity contribution is 9.10. The van der Waals surface area contributed by atoms with Crippen LogP contribution in [-0.2, 0) is 0 Å². The van der Waals surface area contributed by atoms with Crippen molar-refractivity contribution in [3.63, 3.8) is 0 Å². The predicted octanol–water partition coefficient (Wildman–Crippen LogP) is 1.42. The van der Waals surface area contributed by atoms with E-state index in [1.807, 2.05) is 0 Å². The monoisotopic (exact) mass is 266 g/mol. The normalized spacial score (nSPS) is 9.93. The van der Waals surface area contributed by atoms with Crippen LogP contribution in [0.3, 0.4) is 0 Å². The summed E-state index contributed by atoms with van der Waals surface area (Å²) in [5.41, 5.74) is 3.17. The zero-order chi connectivity index (χ0) is 10.7. The second kappa shape index (κ2) is 4.22. The molecule has 76 valence electrons. The van der Waals surface area contributed by atoms with Gasteiger partial charge >= 0.3 is 0 Å². The molecular weight excluding hydrogens is 260 g/mol. The molecule has 0 radical (unpaired) electrons. The van der Waals surface area contributed by atoms with Crippen molar-refractivity contribution in [2.24, 2.45) is 0 Å². The van der Waals surface area contributed by atoms with Gasteiger partial charge in [0.1, 0.15) is 12.7 Å². The molecule has 15 heavy (non-hydrogen) atoms. The number of nitrogens with one attached hydrogen (secondary N) is 1. The lowest BCUT2D eigenvalue weighted by Crippen LogP contribution is -2.21. The number of amides is 1. The Kier molecular flexibility index (Phi) is 2.77. The summed E-state index contributed by atoms with van der Waals surface area (Å²) in [6.07, 6.45) is 2.83. The van der Waals surface area contributed by atoms with Crippen molar-refractivity contribution in [1.29, 1.82) is 0 Å². The van der Waals surface area contributed by atoms with Crippen LogP contribution in [0.4, 0.5) is 0 Å². The quantitative estimate of drug-likeness (QED) is 0.895. The Morgan fingerprint density at radius 2 is 1.80 bits per heavy atom. The van der Waals surface area contributed by atoms with E-state index in [1.165, 1.54) is 17.3 Å². The fourth-order valence-corrected chi connectivity index (χ4v) is 1.31. The van der Waals surface area contributed by atoms with Crippen molar-refractivity contribution in [2.75, 3.05) is 5.43 Å². The summed E-state index contributed by atoms with van der Waals surface area (Å²) >= 11 is 3.30. The number of benzene rings is 1. The maximum atomic E-state index is 11.6. The summed E-state index contributed by atoms with van der Waals surface area (Å²) < 4.78 is 2.33. The second-order valence-corrected chi connectivity index (χ2v) is 3.73. The van der Waals surface area contributed by atoms with Gasteiger partial charge in [-0.3, -0.25) is 10.2 Å². The number of hydrogen-bond donors (Lipinski definition) is 1. The van der Waals surface area contributed by atoms with Crippen LogP contribution >= 0.6 is 15.9 Å². The average molecular weight is 267 g/mol. The minimum atomic E-state index is -0.206. The van der Waals surface area contributed by atoms with Crippen LogP contribution in [0.2, 0.25) is 0 Å². The first-order valence-corrected chi connectivity index (χ1v) is 4.96. The smallest absolute Gasteiger partial charge is 0.267 e. The van der Waals surface area contributed by atoms with Gasteiger partial charge in [0.05, 0.1) is 0 Å². The summed E-state index contributed by atoms with van der Waals surface area (Å²) in [6, 6.07) is 7.07. The number of nitrogens with zero attached hydrogens (tertiary/aromatic N) is 3. The van der Waals surface area contributed by atoms with E-state index < -0.39 is 0 Å². The number of aromatic nitrogens is 3. The van der Waals surface area contributed by atoms with E-state index in [1.54, 1.807) is 24.3 Å². The number of rotatable bonds is 2. The minimum absolute atomic E-state index is 0.206. The Hall–Kier alpha value is -1.69. The van der Waals surface area contributed by atoms with E-state index in [9.17, 15) is 4.79 Å². The first-order chi connectivity index (χ1) is 7.25. The van der Waals surface area contributed by atoms with Gasteiger partial charge in [-0.1, -0.05) is 15.9 Å². The Morgan fingerprint density at radius 1 is 1.20 bits per heavy atom. The van der Waals surface area contributed by atoms with E-state index in [-0.39, 0.29) is 5.91 Å². The molecule has 0 saturated heterocycles. The molecule has 1 N–H and O–H groups in total. The van der Waals surface area contributed by atoms with Crippen LogP contribution in [0.25, 0.3) is 0 Å². The van der Waals surface area contributed by atoms with Crippen LogP contribution in [0, 0.1) is 0 Å². The van der Waals surface area contributed by atoms with Crippen LogP contribution in [0.1, 0.15) is 10.4 Å². The number of hydrogen-bond acceptors (Lipinski definition) is 3. The molecular formula is C9H7BrN4O. The van der Waals surface area contributed by atoms with Gasteiger partial charge < -0.3 is 0 Å². The molecule has 0 aliphatic rings. The maximum Gasteiger partial charge on any atom is 0.270 e. The Labute approximate surface area is 94.2 Å². The third-order valence-electron chi connectivity index (χ3n) is 1.76. The molecule has 5 nitrogen and oxygen atoms in total. The highest BCUT2D eigenvalue weighted by atomic mass is 79.9. The predicted molar refractivity (Wildman–Crippen MR) is 57.9 cm³/mol. The molecule has 0 fully saturated rings. The lowest BCUT2D eigenvalue weighted by atomic mass is 10.2. The van der Waals surface area contributed by atoms with Crippen molar-refractivity contribution in [3.05, 3.63) is 47.0 Å². The van der Waals surface area contributed by atoms with Crippen LogP contribution in [0.15, 0.2) is 41.4 Å². The molecule has 1 aromatic carbocycles. The van der Waals surface area contributed by atoms with Crippen molar-refractivity contribution in [3.8, 4) is 0 Å². The van der Waals surface area contributed by atoms with Crippen molar-refractivity contribution in [2.45, 2.75) is 0 Å². The fraction of sp³-hybridized carbons (Fsp3) is 0. The topological polar surface area (TPSA) is 59.8 Å². The number of halogens is 1. The summed E-state index contributed by atoms with van der Waals surface area (Å²) in [5.74, 6) is -0.206. The molecule has 2 rings (SSSR count). The first kappa shape index (κ1) is 9.85. The van der Waals surface area contributed by atoms with Gasteiger partial charge in [0, 0.05) is 10.0 Å².